The molecule has 1 aliphatic heterocycles. The second-order valence-electron chi connectivity index (χ2n) is 6.25. The van der Waals surface area contributed by atoms with Crippen molar-refractivity contribution in [1.82, 2.24) is 4.90 Å². The molecule has 3 heteroatoms. The summed E-state index contributed by atoms with van der Waals surface area (Å²) in [5.74, 6) is -0.0463. The average Bonchev–Trinajstić information content (AvgIpc) is 3.03. The largest absolute Gasteiger partial charge is 0.461 e. The molecule has 21 heavy (non-hydrogen) atoms. The molecule has 0 aromatic heterocycles. The van der Waals surface area contributed by atoms with E-state index >= 15 is 0 Å². The lowest BCUT2D eigenvalue weighted by Gasteiger charge is -2.29. The zero-order valence-corrected chi connectivity index (χ0v) is 12.7. The van der Waals surface area contributed by atoms with Crippen LogP contribution in [0.4, 0.5) is 0 Å². The van der Waals surface area contributed by atoms with Crippen LogP contribution in [0.5, 0.6) is 0 Å². The molecule has 0 radical (unpaired) electrons. The zero-order chi connectivity index (χ0) is 14.5. The van der Waals surface area contributed by atoms with Gasteiger partial charge in [0.1, 0.15) is 12.1 Å². The monoisotopic (exact) mass is 287 g/mol. The Bertz CT molecular complexity index is 448. The number of likely N-dealkylation sites (tertiary alicyclic amines) is 1. The van der Waals surface area contributed by atoms with Crippen molar-refractivity contribution in [3.05, 3.63) is 35.9 Å². The fraction of sp³-hybridized carbons (Fsp3) is 0.611. The van der Waals surface area contributed by atoms with Crippen LogP contribution in [0.15, 0.2) is 30.3 Å². The quantitative estimate of drug-likeness (QED) is 0.791. The Morgan fingerprint density at radius 1 is 1.00 bits per heavy atom. The summed E-state index contributed by atoms with van der Waals surface area (Å²) in [6.45, 7) is 2.00. The van der Waals surface area contributed by atoms with Crippen molar-refractivity contribution in [2.24, 2.45) is 0 Å². The Kier molecular flexibility index (Phi) is 4.91. The third kappa shape index (κ3) is 3.65. The van der Waals surface area contributed by atoms with E-state index in [9.17, 15) is 4.79 Å². The first-order valence-corrected chi connectivity index (χ1v) is 8.34. The highest BCUT2D eigenvalue weighted by molar-refractivity contribution is 5.78. The van der Waals surface area contributed by atoms with Crippen LogP contribution in [-0.2, 0) is 9.53 Å². The molecule has 1 aliphatic carbocycles. The smallest absolute Gasteiger partial charge is 0.328 e. The lowest BCUT2D eigenvalue weighted by Crippen LogP contribution is -2.35. The Labute approximate surface area is 127 Å². The molecule has 0 amide bonds. The molecule has 2 fully saturated rings. The van der Waals surface area contributed by atoms with Crippen molar-refractivity contribution < 1.29 is 9.53 Å². The molecule has 3 rings (SSSR count). The van der Waals surface area contributed by atoms with Crippen molar-refractivity contribution in [2.45, 2.75) is 57.1 Å². The summed E-state index contributed by atoms with van der Waals surface area (Å²) in [5.41, 5.74) is 1.07. The van der Waals surface area contributed by atoms with Gasteiger partial charge in [0.15, 0.2) is 0 Å². The van der Waals surface area contributed by atoms with E-state index in [1.165, 1.54) is 32.1 Å². The van der Waals surface area contributed by atoms with Gasteiger partial charge in [0.2, 0.25) is 0 Å². The maximum Gasteiger partial charge on any atom is 0.328 e. The summed E-state index contributed by atoms with van der Waals surface area (Å²) in [5, 5.41) is 0. The van der Waals surface area contributed by atoms with Gasteiger partial charge >= 0.3 is 5.97 Å². The molecular formula is C18H25NO2. The first kappa shape index (κ1) is 14.6. The van der Waals surface area contributed by atoms with Gasteiger partial charge in [-0.15, -0.1) is 0 Å². The van der Waals surface area contributed by atoms with Gasteiger partial charge in [-0.25, -0.2) is 4.79 Å². The molecule has 1 heterocycles. The minimum atomic E-state index is -0.212. The van der Waals surface area contributed by atoms with E-state index in [-0.39, 0.29) is 18.1 Å². The maximum absolute atomic E-state index is 12.7. The highest BCUT2D eigenvalue weighted by Crippen LogP contribution is 2.28. The minimum absolute atomic E-state index is 0.0463. The molecule has 1 aromatic rings. The molecular weight excluding hydrogens is 262 g/mol. The van der Waals surface area contributed by atoms with Crippen LogP contribution in [0.3, 0.4) is 0 Å². The Balaban J connectivity index is 1.72. The molecule has 0 N–H and O–H groups in total. The van der Waals surface area contributed by atoms with E-state index in [1.54, 1.807) is 0 Å². The number of nitrogens with zero attached hydrogens (tertiary/aromatic N) is 1. The normalized spacial score (nSPS) is 22.1. The van der Waals surface area contributed by atoms with E-state index in [1.807, 2.05) is 30.3 Å². The molecule has 1 saturated heterocycles. The highest BCUT2D eigenvalue weighted by atomic mass is 16.5. The lowest BCUT2D eigenvalue weighted by atomic mass is 9.97. The number of ether oxygens (including phenoxy) is 1. The number of benzene rings is 1. The Morgan fingerprint density at radius 3 is 2.33 bits per heavy atom. The predicted molar refractivity (Wildman–Crippen MR) is 83.0 cm³/mol. The van der Waals surface area contributed by atoms with Crippen LogP contribution in [0.2, 0.25) is 0 Å². The third-order valence-electron chi connectivity index (χ3n) is 4.68. The maximum atomic E-state index is 12.7. The van der Waals surface area contributed by atoms with Crippen LogP contribution < -0.4 is 0 Å². The summed E-state index contributed by atoms with van der Waals surface area (Å²) in [7, 11) is 0. The van der Waals surface area contributed by atoms with E-state index in [2.05, 4.69) is 4.90 Å². The van der Waals surface area contributed by atoms with Gasteiger partial charge in [0.25, 0.3) is 0 Å². The topological polar surface area (TPSA) is 29.5 Å². The van der Waals surface area contributed by atoms with Crippen LogP contribution >= 0.6 is 0 Å². The summed E-state index contributed by atoms with van der Waals surface area (Å²) < 4.78 is 5.84. The highest BCUT2D eigenvalue weighted by Gasteiger charge is 2.32. The van der Waals surface area contributed by atoms with Gasteiger partial charge in [-0.1, -0.05) is 36.8 Å². The molecule has 0 spiro atoms. The number of rotatable bonds is 4. The number of esters is 1. The summed E-state index contributed by atoms with van der Waals surface area (Å²) >= 11 is 0. The molecule has 1 atom stereocenters. The van der Waals surface area contributed by atoms with Crippen molar-refractivity contribution in [3.8, 4) is 0 Å². The van der Waals surface area contributed by atoms with Gasteiger partial charge < -0.3 is 4.74 Å². The van der Waals surface area contributed by atoms with E-state index in [4.69, 9.17) is 4.74 Å². The summed E-state index contributed by atoms with van der Waals surface area (Å²) in [6.07, 6.45) is 8.23. The molecule has 0 bridgehead atoms. The van der Waals surface area contributed by atoms with Crippen molar-refractivity contribution in [3.63, 3.8) is 0 Å². The second-order valence-corrected chi connectivity index (χ2v) is 6.25. The Morgan fingerprint density at radius 2 is 1.67 bits per heavy atom. The van der Waals surface area contributed by atoms with Crippen molar-refractivity contribution in [1.29, 1.82) is 0 Å². The predicted octanol–water partition coefficient (Wildman–Crippen LogP) is 3.70. The number of hydrogen-bond donors (Lipinski definition) is 0. The lowest BCUT2D eigenvalue weighted by molar-refractivity contribution is -0.157. The number of hydrogen-bond acceptors (Lipinski definition) is 3. The van der Waals surface area contributed by atoms with Gasteiger partial charge in [0, 0.05) is 0 Å². The van der Waals surface area contributed by atoms with Crippen LogP contribution in [-0.4, -0.2) is 30.1 Å². The third-order valence-corrected chi connectivity index (χ3v) is 4.68. The van der Waals surface area contributed by atoms with Crippen molar-refractivity contribution >= 4 is 5.97 Å². The molecule has 2 aliphatic rings. The van der Waals surface area contributed by atoms with Crippen LogP contribution in [0.1, 0.15) is 56.6 Å². The fourth-order valence-electron chi connectivity index (χ4n) is 3.54. The SMILES string of the molecule is O=C(OC1CCCCC1)C(c1ccccc1)N1CCCC1. The molecule has 3 nitrogen and oxygen atoms in total. The Hall–Kier alpha value is -1.35. The van der Waals surface area contributed by atoms with Gasteiger partial charge in [-0.05, 0) is 57.2 Å². The summed E-state index contributed by atoms with van der Waals surface area (Å²) in [6, 6.07) is 9.89. The molecule has 1 unspecified atom stereocenters. The van der Waals surface area contributed by atoms with E-state index in [0.717, 1.165) is 31.5 Å². The minimum Gasteiger partial charge on any atom is -0.461 e. The average molecular weight is 287 g/mol. The van der Waals surface area contributed by atoms with Crippen molar-refractivity contribution in [2.75, 3.05) is 13.1 Å². The van der Waals surface area contributed by atoms with Crippen LogP contribution in [0, 0.1) is 0 Å². The molecule has 1 aromatic carbocycles. The summed E-state index contributed by atoms with van der Waals surface area (Å²) in [4.78, 5) is 15.0. The van der Waals surface area contributed by atoms with E-state index in [0.29, 0.717) is 0 Å². The van der Waals surface area contributed by atoms with Gasteiger partial charge in [0.05, 0.1) is 0 Å². The zero-order valence-electron chi connectivity index (χ0n) is 12.7. The van der Waals surface area contributed by atoms with Crippen LogP contribution in [0.25, 0.3) is 0 Å². The van der Waals surface area contributed by atoms with Gasteiger partial charge in [-0.3, -0.25) is 4.90 Å². The first-order valence-electron chi connectivity index (χ1n) is 8.34. The molecule has 1 saturated carbocycles. The number of carbonyl (C=O) groups excluding carboxylic acids is 1. The fourth-order valence-corrected chi connectivity index (χ4v) is 3.54. The molecule has 114 valence electrons. The first-order chi connectivity index (χ1) is 10.3. The number of carbonyl (C=O) groups is 1. The van der Waals surface area contributed by atoms with Gasteiger partial charge in [-0.2, -0.15) is 0 Å². The standard InChI is InChI=1S/C18H25NO2/c20-18(21-16-11-5-2-6-12-16)17(19-13-7-8-14-19)15-9-3-1-4-10-15/h1,3-4,9-10,16-17H,2,5-8,11-14H2. The second kappa shape index (κ2) is 7.08. The van der Waals surface area contributed by atoms with E-state index < -0.39 is 0 Å².